The molecule has 1 saturated carbocycles. The minimum absolute atomic E-state index is 0.0720. The Hall–Kier alpha value is -2.08. The summed E-state index contributed by atoms with van der Waals surface area (Å²) < 4.78 is 25.1. The Labute approximate surface area is 173 Å². The minimum atomic E-state index is -4.15. The van der Waals surface area contributed by atoms with E-state index < -0.39 is 15.9 Å². The number of rotatable bonds is 5. The molecule has 28 heavy (non-hydrogen) atoms. The molecule has 150 valence electrons. The van der Waals surface area contributed by atoms with Crippen molar-refractivity contribution in [3.8, 4) is 0 Å². The third-order valence-corrected chi connectivity index (χ3v) is 6.91. The van der Waals surface area contributed by atoms with Crippen LogP contribution in [0.4, 0.5) is 5.13 Å². The number of sulfonamides is 1. The number of carbonyl (C=O) groups is 1. The summed E-state index contributed by atoms with van der Waals surface area (Å²) in [6.45, 7) is 0. The van der Waals surface area contributed by atoms with Gasteiger partial charge in [-0.25, -0.2) is 10.8 Å². The number of aromatic nitrogens is 1. The Bertz CT molecular complexity index is 940. The van der Waals surface area contributed by atoms with Gasteiger partial charge in [0.1, 0.15) is 5.69 Å². The number of carbonyl (C=O) groups excluding carboxylic acids is 1. The maximum atomic E-state index is 12.5. The second-order valence-corrected chi connectivity index (χ2v) is 9.47. The molecular weight excluding hydrogens is 418 g/mol. The Balaban J connectivity index is 1.64. The first-order valence-corrected chi connectivity index (χ1v) is 11.5. The highest BCUT2D eigenvalue weighted by Gasteiger charge is 2.29. The number of anilines is 1. The van der Waals surface area contributed by atoms with Crippen LogP contribution >= 0.6 is 23.6 Å². The number of nitrogens with two attached hydrogens (primary N) is 1. The third-order valence-electron chi connectivity index (χ3n) is 4.38. The summed E-state index contributed by atoms with van der Waals surface area (Å²) in [4.78, 5) is 16.5. The average molecular weight is 440 g/mol. The predicted molar refractivity (Wildman–Crippen MR) is 112 cm³/mol. The minimum Gasteiger partial charge on any atom is -0.360 e. The van der Waals surface area contributed by atoms with Crippen molar-refractivity contribution in [1.29, 1.82) is 0 Å². The van der Waals surface area contributed by atoms with E-state index in [1.807, 2.05) is 0 Å². The van der Waals surface area contributed by atoms with Gasteiger partial charge in [0.25, 0.3) is 10.0 Å². The number of hydrazine groups is 1. The van der Waals surface area contributed by atoms with Crippen LogP contribution in [0.2, 0.25) is 0 Å². The van der Waals surface area contributed by atoms with Crippen molar-refractivity contribution in [2.75, 3.05) is 5.32 Å². The number of nitrogens with zero attached hydrogens (tertiary/aromatic N) is 2. The molecule has 0 unspecified atom stereocenters. The van der Waals surface area contributed by atoms with Gasteiger partial charge in [-0.3, -0.25) is 4.79 Å². The molecule has 11 heteroatoms. The van der Waals surface area contributed by atoms with Crippen molar-refractivity contribution in [3.63, 3.8) is 0 Å². The summed E-state index contributed by atoms with van der Waals surface area (Å²) in [6, 6.07) is 7.85. The predicted octanol–water partition coefficient (Wildman–Crippen LogP) is 2.47. The number of thiocarbonyl (C=S) groups is 1. The van der Waals surface area contributed by atoms with E-state index in [4.69, 9.17) is 18.1 Å². The van der Waals surface area contributed by atoms with Crippen LogP contribution < -0.4 is 16.5 Å². The fourth-order valence-corrected chi connectivity index (χ4v) is 4.98. The van der Waals surface area contributed by atoms with Gasteiger partial charge in [0.05, 0.1) is 4.90 Å². The molecule has 0 spiro atoms. The Morgan fingerprint density at radius 1 is 1.21 bits per heavy atom. The third kappa shape index (κ3) is 4.85. The second kappa shape index (κ2) is 8.95. The molecular formula is C17H21N5O3S3. The van der Waals surface area contributed by atoms with Crippen molar-refractivity contribution in [2.24, 2.45) is 5.84 Å². The van der Waals surface area contributed by atoms with Crippen LogP contribution in [0.3, 0.4) is 0 Å². The summed E-state index contributed by atoms with van der Waals surface area (Å²) in [5.74, 6) is 4.68. The molecule has 0 aliphatic heterocycles. The largest absolute Gasteiger partial charge is 0.360 e. The van der Waals surface area contributed by atoms with E-state index in [9.17, 15) is 13.2 Å². The first-order chi connectivity index (χ1) is 13.4. The van der Waals surface area contributed by atoms with Gasteiger partial charge in [-0.1, -0.05) is 37.5 Å². The number of hydrogen-bond donors (Lipinski definition) is 3. The number of hydrogen-bond acceptors (Lipinski definition) is 7. The van der Waals surface area contributed by atoms with Gasteiger partial charge >= 0.3 is 5.91 Å². The summed E-state index contributed by atoms with van der Waals surface area (Å²) in [5.41, 5.74) is -0.0741. The monoisotopic (exact) mass is 439 g/mol. The van der Waals surface area contributed by atoms with Crippen LogP contribution in [0.15, 0.2) is 40.6 Å². The maximum absolute atomic E-state index is 12.5. The maximum Gasteiger partial charge on any atom is 0.301 e. The zero-order valence-corrected chi connectivity index (χ0v) is 17.4. The van der Waals surface area contributed by atoms with Gasteiger partial charge in [-0.05, 0) is 37.2 Å². The van der Waals surface area contributed by atoms with Crippen molar-refractivity contribution < 1.29 is 13.2 Å². The van der Waals surface area contributed by atoms with E-state index in [2.05, 4.69) is 15.6 Å². The molecule has 2 aromatic rings. The fourth-order valence-electron chi connectivity index (χ4n) is 2.92. The quantitative estimate of drug-likeness (QED) is 0.281. The van der Waals surface area contributed by atoms with E-state index in [0.29, 0.717) is 16.3 Å². The topological polar surface area (TPSA) is 117 Å². The zero-order chi connectivity index (χ0) is 20.1. The van der Waals surface area contributed by atoms with Crippen LogP contribution in [-0.2, 0) is 10.0 Å². The van der Waals surface area contributed by atoms with Crippen molar-refractivity contribution in [3.05, 3.63) is 41.4 Å². The lowest BCUT2D eigenvalue weighted by Crippen LogP contribution is -2.42. The molecule has 3 rings (SSSR count). The molecule has 1 amide bonds. The van der Waals surface area contributed by atoms with Gasteiger partial charge < -0.3 is 10.6 Å². The Morgan fingerprint density at radius 3 is 2.57 bits per heavy atom. The summed E-state index contributed by atoms with van der Waals surface area (Å²) in [5, 5.41) is 8.45. The van der Waals surface area contributed by atoms with Gasteiger partial charge in [-0.2, -0.15) is 12.8 Å². The van der Waals surface area contributed by atoms with Crippen molar-refractivity contribution >= 4 is 49.7 Å². The molecule has 1 aromatic heterocycles. The van der Waals surface area contributed by atoms with Gasteiger partial charge in [0, 0.05) is 11.4 Å². The highest BCUT2D eigenvalue weighted by Crippen LogP contribution is 2.20. The van der Waals surface area contributed by atoms with E-state index in [1.54, 1.807) is 18.2 Å². The lowest BCUT2D eigenvalue weighted by molar-refractivity contribution is 0.0856. The molecule has 0 atom stereocenters. The summed E-state index contributed by atoms with van der Waals surface area (Å²) in [7, 11) is -4.15. The smallest absolute Gasteiger partial charge is 0.301 e. The Kier molecular flexibility index (Phi) is 6.60. The van der Waals surface area contributed by atoms with E-state index in [1.165, 1.54) is 36.8 Å². The number of thiazole rings is 1. The highest BCUT2D eigenvalue weighted by molar-refractivity contribution is 7.89. The van der Waals surface area contributed by atoms with Crippen LogP contribution in [0.5, 0.6) is 0 Å². The average Bonchev–Trinajstić information content (AvgIpc) is 3.16. The normalized spacial score (nSPS) is 15.0. The van der Waals surface area contributed by atoms with Crippen molar-refractivity contribution in [1.82, 2.24) is 14.7 Å². The number of amides is 1. The lowest BCUT2D eigenvalue weighted by atomic mass is 9.96. The summed E-state index contributed by atoms with van der Waals surface area (Å²) >= 11 is 6.44. The van der Waals surface area contributed by atoms with Gasteiger partial charge in [0.2, 0.25) is 0 Å². The second-order valence-electron chi connectivity index (χ2n) is 6.39. The van der Waals surface area contributed by atoms with E-state index >= 15 is 0 Å². The number of nitrogens with one attached hydrogen (secondary N) is 2. The van der Waals surface area contributed by atoms with Crippen molar-refractivity contribution in [2.45, 2.75) is 43.0 Å². The molecule has 8 nitrogen and oxygen atoms in total. The molecule has 1 aliphatic rings. The molecule has 0 bridgehead atoms. The molecule has 0 radical (unpaired) electrons. The fraction of sp³-hybridized carbons (Fsp3) is 0.353. The highest BCUT2D eigenvalue weighted by atomic mass is 32.2. The number of benzene rings is 1. The van der Waals surface area contributed by atoms with Crippen LogP contribution in [0.25, 0.3) is 0 Å². The lowest BCUT2D eigenvalue weighted by Gasteiger charge is -2.23. The first kappa shape index (κ1) is 20.6. The first-order valence-electron chi connectivity index (χ1n) is 8.80. The molecule has 1 aromatic carbocycles. The molecule has 0 saturated heterocycles. The van der Waals surface area contributed by atoms with Crippen LogP contribution in [0.1, 0.15) is 42.6 Å². The molecule has 1 fully saturated rings. The van der Waals surface area contributed by atoms with E-state index in [0.717, 1.165) is 24.2 Å². The van der Waals surface area contributed by atoms with Gasteiger partial charge in [-0.15, -0.1) is 11.3 Å². The zero-order valence-electron chi connectivity index (χ0n) is 15.0. The molecule has 1 aliphatic carbocycles. The van der Waals surface area contributed by atoms with Gasteiger partial charge in [0.15, 0.2) is 10.2 Å². The molecule has 1 heterocycles. The van der Waals surface area contributed by atoms with Crippen LogP contribution in [0, 0.1) is 0 Å². The SMILES string of the molecule is NN(C(=O)c1csc(NC(=S)NC2CCCCC2)n1)S(=O)(=O)c1ccccc1. The molecule has 4 N–H and O–H groups in total. The Morgan fingerprint density at radius 2 is 1.89 bits per heavy atom. The summed E-state index contributed by atoms with van der Waals surface area (Å²) in [6.07, 6.45) is 5.75. The standard InChI is InChI=1S/C17H21N5O3S3/c18-22(28(24,25)13-9-5-2-6-10-13)15(23)14-11-27-17(20-14)21-16(26)19-12-7-3-1-4-8-12/h2,5-6,9-12H,1,3-4,7-8,18H2,(H2,19,20,21,26). The van der Waals surface area contributed by atoms with E-state index in [-0.39, 0.29) is 15.0 Å². The van der Waals surface area contributed by atoms with Crippen LogP contribution in [-0.4, -0.2) is 34.9 Å².